The smallest absolute Gasteiger partial charge is 0.264 e. The summed E-state index contributed by atoms with van der Waals surface area (Å²) in [5, 5.41) is 3.29. The Kier molecular flexibility index (Phi) is 10.5. The van der Waals surface area contributed by atoms with E-state index in [2.05, 4.69) is 5.32 Å². The summed E-state index contributed by atoms with van der Waals surface area (Å²) in [7, 11) is -4.14. The minimum absolute atomic E-state index is 0.0124. The number of sulfonamides is 1. The second-order valence-corrected chi connectivity index (χ2v) is 11.9. The van der Waals surface area contributed by atoms with E-state index < -0.39 is 28.5 Å². The first-order valence-corrected chi connectivity index (χ1v) is 14.8. The van der Waals surface area contributed by atoms with Crippen molar-refractivity contribution in [3.05, 3.63) is 94.5 Å². The molecule has 0 aliphatic rings. The van der Waals surface area contributed by atoms with Gasteiger partial charge in [0.1, 0.15) is 12.6 Å². The van der Waals surface area contributed by atoms with Gasteiger partial charge in [-0.2, -0.15) is 0 Å². The molecule has 0 aliphatic heterocycles. The Morgan fingerprint density at radius 2 is 1.59 bits per heavy atom. The SMILES string of the molecule is CCCCNC(=O)[C@@H](C)N(Cc1ccc(C)cc1)C(=O)CN(c1ccccc1C)S(=O)(=O)c1ccc(Cl)cc1. The molecule has 9 heteroatoms. The van der Waals surface area contributed by atoms with Crippen molar-refractivity contribution in [2.75, 3.05) is 17.4 Å². The van der Waals surface area contributed by atoms with Crippen molar-refractivity contribution in [2.24, 2.45) is 0 Å². The second-order valence-electron chi connectivity index (χ2n) is 9.58. The fraction of sp³-hybridized carbons (Fsp3) is 0.333. The Bertz CT molecular complexity index is 1380. The molecule has 0 unspecified atom stereocenters. The van der Waals surface area contributed by atoms with Gasteiger partial charge in [0.05, 0.1) is 10.6 Å². The summed E-state index contributed by atoms with van der Waals surface area (Å²) in [6.45, 7) is 7.64. The van der Waals surface area contributed by atoms with Crippen molar-refractivity contribution in [1.29, 1.82) is 0 Å². The number of rotatable bonds is 12. The third kappa shape index (κ3) is 7.83. The summed E-state index contributed by atoms with van der Waals surface area (Å²) >= 11 is 6.00. The monoisotopic (exact) mass is 569 g/mol. The number of benzene rings is 3. The van der Waals surface area contributed by atoms with E-state index in [1.807, 2.05) is 38.1 Å². The van der Waals surface area contributed by atoms with Crippen LogP contribution < -0.4 is 9.62 Å². The first kappa shape index (κ1) is 30.2. The maximum Gasteiger partial charge on any atom is 0.264 e. The van der Waals surface area contributed by atoms with E-state index in [1.54, 1.807) is 38.1 Å². The van der Waals surface area contributed by atoms with E-state index in [1.165, 1.54) is 29.2 Å². The number of nitrogens with zero attached hydrogens (tertiary/aromatic N) is 2. The van der Waals surface area contributed by atoms with Crippen molar-refractivity contribution in [3.8, 4) is 0 Å². The molecule has 39 heavy (non-hydrogen) atoms. The van der Waals surface area contributed by atoms with Crippen LogP contribution in [0.4, 0.5) is 5.69 Å². The lowest BCUT2D eigenvalue weighted by Gasteiger charge is -2.32. The van der Waals surface area contributed by atoms with E-state index in [-0.39, 0.29) is 17.3 Å². The standard InChI is InChI=1S/C30H36ClN3O4S/c1-5-6-19-32-30(36)24(4)33(20-25-13-11-22(2)12-14-25)29(35)21-34(28-10-8-7-9-23(28)3)39(37,38)27-17-15-26(31)16-18-27/h7-18,24H,5-6,19-21H2,1-4H3,(H,32,36)/t24-/m1/s1. The van der Waals surface area contributed by atoms with E-state index in [0.717, 1.165) is 28.3 Å². The van der Waals surface area contributed by atoms with Crippen LogP contribution in [0.5, 0.6) is 0 Å². The van der Waals surface area contributed by atoms with Crippen LogP contribution in [0.25, 0.3) is 0 Å². The van der Waals surface area contributed by atoms with Gasteiger partial charge in [0.25, 0.3) is 10.0 Å². The Morgan fingerprint density at radius 3 is 2.21 bits per heavy atom. The molecule has 3 aromatic carbocycles. The fourth-order valence-electron chi connectivity index (χ4n) is 4.10. The molecule has 0 spiro atoms. The molecule has 1 atom stereocenters. The average Bonchev–Trinajstić information content (AvgIpc) is 2.91. The van der Waals surface area contributed by atoms with Gasteiger partial charge in [-0.15, -0.1) is 0 Å². The van der Waals surface area contributed by atoms with Gasteiger partial charge in [-0.25, -0.2) is 8.42 Å². The lowest BCUT2D eigenvalue weighted by atomic mass is 10.1. The Balaban J connectivity index is 2.00. The molecule has 0 radical (unpaired) electrons. The maximum absolute atomic E-state index is 13.9. The molecule has 7 nitrogen and oxygen atoms in total. The second kappa shape index (κ2) is 13.6. The number of aryl methyl sites for hydroxylation is 2. The normalized spacial score (nSPS) is 12.0. The molecule has 2 amide bonds. The predicted octanol–water partition coefficient (Wildman–Crippen LogP) is 5.49. The summed E-state index contributed by atoms with van der Waals surface area (Å²) in [4.78, 5) is 28.4. The fourth-order valence-corrected chi connectivity index (χ4v) is 5.70. The average molecular weight is 570 g/mol. The number of carbonyl (C=O) groups is 2. The molecule has 3 aromatic rings. The molecule has 3 rings (SSSR count). The number of amides is 2. The zero-order chi connectivity index (χ0) is 28.6. The number of para-hydroxylation sites is 1. The molecule has 1 N–H and O–H groups in total. The van der Waals surface area contributed by atoms with E-state index >= 15 is 0 Å². The third-order valence-corrected chi connectivity index (χ3v) is 8.56. The van der Waals surface area contributed by atoms with Crippen LogP contribution in [-0.4, -0.2) is 44.3 Å². The van der Waals surface area contributed by atoms with Gasteiger partial charge in [0.15, 0.2) is 0 Å². The van der Waals surface area contributed by atoms with Gasteiger partial charge in [0, 0.05) is 18.1 Å². The van der Waals surface area contributed by atoms with Crippen LogP contribution in [-0.2, 0) is 26.2 Å². The van der Waals surface area contributed by atoms with Crippen molar-refractivity contribution in [1.82, 2.24) is 10.2 Å². The molecule has 0 aliphatic carbocycles. The summed E-state index contributed by atoms with van der Waals surface area (Å²) in [5.41, 5.74) is 2.99. The summed E-state index contributed by atoms with van der Waals surface area (Å²) < 4.78 is 28.8. The number of carbonyl (C=O) groups excluding carboxylic acids is 2. The highest BCUT2D eigenvalue weighted by Gasteiger charge is 2.33. The van der Waals surface area contributed by atoms with Crippen molar-refractivity contribution < 1.29 is 18.0 Å². The number of hydrogen-bond donors (Lipinski definition) is 1. The first-order chi connectivity index (χ1) is 18.5. The summed E-state index contributed by atoms with van der Waals surface area (Å²) in [6, 6.07) is 19.7. The van der Waals surface area contributed by atoms with Crippen LogP contribution in [0.3, 0.4) is 0 Å². The molecule has 208 valence electrons. The Labute approximate surface area is 236 Å². The van der Waals surface area contributed by atoms with Crippen LogP contribution in [0, 0.1) is 13.8 Å². The number of anilines is 1. The molecular weight excluding hydrogens is 534 g/mol. The lowest BCUT2D eigenvalue weighted by molar-refractivity contribution is -0.139. The van der Waals surface area contributed by atoms with Gasteiger partial charge in [-0.1, -0.05) is 73.0 Å². The first-order valence-electron chi connectivity index (χ1n) is 13.0. The molecule has 0 aromatic heterocycles. The summed E-state index contributed by atoms with van der Waals surface area (Å²) in [6.07, 6.45) is 1.75. The van der Waals surface area contributed by atoms with Crippen molar-refractivity contribution >= 4 is 39.1 Å². The third-order valence-electron chi connectivity index (χ3n) is 6.54. The van der Waals surface area contributed by atoms with Crippen LogP contribution in [0.15, 0.2) is 77.7 Å². The molecular formula is C30H36ClN3O4S. The van der Waals surface area contributed by atoms with E-state index in [9.17, 15) is 18.0 Å². The van der Waals surface area contributed by atoms with E-state index in [4.69, 9.17) is 11.6 Å². The number of halogens is 1. The van der Waals surface area contributed by atoms with Gasteiger partial charge in [-0.05, 0) is 68.7 Å². The predicted molar refractivity (Wildman–Crippen MR) is 156 cm³/mol. The molecule has 0 saturated carbocycles. The minimum Gasteiger partial charge on any atom is -0.354 e. The van der Waals surface area contributed by atoms with Crippen LogP contribution in [0.2, 0.25) is 5.02 Å². The minimum atomic E-state index is -4.14. The summed E-state index contributed by atoms with van der Waals surface area (Å²) in [5.74, 6) is -0.776. The van der Waals surface area contributed by atoms with Crippen molar-refractivity contribution in [3.63, 3.8) is 0 Å². The topological polar surface area (TPSA) is 86.8 Å². The highest BCUT2D eigenvalue weighted by atomic mass is 35.5. The molecule has 0 saturated heterocycles. The van der Waals surface area contributed by atoms with E-state index in [0.29, 0.717) is 22.8 Å². The van der Waals surface area contributed by atoms with Gasteiger partial charge in [-0.3, -0.25) is 13.9 Å². The Morgan fingerprint density at radius 1 is 0.949 bits per heavy atom. The van der Waals surface area contributed by atoms with Crippen molar-refractivity contribution in [2.45, 2.75) is 58.0 Å². The van der Waals surface area contributed by atoms with Gasteiger partial charge in [0.2, 0.25) is 11.8 Å². The zero-order valence-corrected chi connectivity index (χ0v) is 24.4. The largest absolute Gasteiger partial charge is 0.354 e. The molecule has 0 heterocycles. The molecule has 0 fully saturated rings. The zero-order valence-electron chi connectivity index (χ0n) is 22.9. The maximum atomic E-state index is 13.9. The van der Waals surface area contributed by atoms with Crippen LogP contribution in [0.1, 0.15) is 43.4 Å². The lowest BCUT2D eigenvalue weighted by Crippen LogP contribution is -2.51. The molecule has 0 bridgehead atoms. The van der Waals surface area contributed by atoms with Gasteiger partial charge < -0.3 is 10.2 Å². The number of unbranched alkanes of at least 4 members (excludes halogenated alkanes) is 1. The number of nitrogens with one attached hydrogen (secondary N) is 1. The van der Waals surface area contributed by atoms with Crippen LogP contribution >= 0.6 is 11.6 Å². The highest BCUT2D eigenvalue weighted by Crippen LogP contribution is 2.28. The Hall–Kier alpha value is -3.36. The van der Waals surface area contributed by atoms with Gasteiger partial charge >= 0.3 is 0 Å². The highest BCUT2D eigenvalue weighted by molar-refractivity contribution is 7.92. The quantitative estimate of drug-likeness (QED) is 0.292. The number of hydrogen-bond acceptors (Lipinski definition) is 4.